The fourth-order valence-electron chi connectivity index (χ4n) is 10.7. The van der Waals surface area contributed by atoms with E-state index in [1.165, 1.54) is 6.07 Å². The molecule has 2 aromatic carbocycles. The van der Waals surface area contributed by atoms with Crippen LogP contribution in [0.4, 0.5) is 0 Å². The molecule has 0 amide bonds. The molecule has 9 rings (SSSR count). The van der Waals surface area contributed by atoms with E-state index in [0.29, 0.717) is 37.1 Å². The van der Waals surface area contributed by atoms with Crippen LogP contribution in [-0.4, -0.2) is 61.8 Å². The Hall–Kier alpha value is -5.30. The van der Waals surface area contributed by atoms with Gasteiger partial charge in [0.1, 0.15) is 29.9 Å². The number of ether oxygens (including phenoxy) is 2. The van der Waals surface area contributed by atoms with Crippen molar-refractivity contribution in [3.05, 3.63) is 94.0 Å². The van der Waals surface area contributed by atoms with Crippen molar-refractivity contribution < 1.29 is 34.7 Å². The summed E-state index contributed by atoms with van der Waals surface area (Å²) in [7, 11) is 0. The quantitative estimate of drug-likeness (QED) is 0.0869. The Kier molecular flexibility index (Phi) is 11.8. The Bertz CT molecular complexity index is 2390. The first kappa shape index (κ1) is 42.0. The molecular weight excluding hydrogens is 781 g/mol. The van der Waals surface area contributed by atoms with E-state index >= 15 is 0 Å². The number of hydrogen-bond donors (Lipinski definition) is 6. The zero-order valence-corrected chi connectivity index (χ0v) is 35.6. The SMILES string of the molecule is CCCCC[C@H](C(=O)CCc1cc2c(cc1O)OC#CC1(CCCC1)[C@@H]1C#C[C@@H](O)c3ccc4c(c3CC3=CN=C5CN(C=C35)[C@H]1O2)C=CN[C@H]4N)[C@H](O)[C@@H]1C=C[C@H](C)C[C@H]1O. The average molecular weight is 839 g/mol. The summed E-state index contributed by atoms with van der Waals surface area (Å²) in [5.41, 5.74) is 12.9. The monoisotopic (exact) mass is 838 g/mol. The van der Waals surface area contributed by atoms with Crippen LogP contribution in [0.1, 0.15) is 118 Å². The molecule has 9 atom stereocenters. The summed E-state index contributed by atoms with van der Waals surface area (Å²) in [6.45, 7) is 4.61. The predicted molar refractivity (Wildman–Crippen MR) is 237 cm³/mol. The average Bonchev–Trinajstić information content (AvgIpc) is 4.00. The second-order valence-corrected chi connectivity index (χ2v) is 18.3. The molecule has 0 aromatic heterocycles. The number of aliphatic hydroxyl groups excluding tert-OH is 3. The lowest BCUT2D eigenvalue weighted by molar-refractivity contribution is -0.129. The number of aromatic hydroxyl groups is 1. The summed E-state index contributed by atoms with van der Waals surface area (Å²) in [4.78, 5) is 21.1. The molecule has 1 saturated carbocycles. The van der Waals surface area contributed by atoms with Gasteiger partial charge in [0.25, 0.3) is 0 Å². The largest absolute Gasteiger partial charge is 0.508 e. The van der Waals surface area contributed by atoms with E-state index in [9.17, 15) is 25.2 Å². The van der Waals surface area contributed by atoms with Crippen LogP contribution in [0.5, 0.6) is 17.2 Å². The van der Waals surface area contributed by atoms with Gasteiger partial charge in [0.15, 0.2) is 17.7 Å². The standard InChI is InChI=1S/C51H58N4O7/c1-3-4-5-8-36(48(60)37-11-9-30(2)23-45(37)59)43(57)15-10-31-25-47-46(26-44(31)58)61-22-20-51(18-6-7-19-51)40-14-16-42(56)34-12-13-35-33(17-21-53-49(35)52)38(34)24-32-27-54-41-29-55(28-39(32)41)50(40)62-47/h9,11-13,17,21,25-28,30,36-37,40,42,45,48-50,53,56,58-60H,3-8,10,15,18-19,23-24,29,52H2,1-2H3/t30-,36+,37+,40+,42+,45+,48-,49+,50-/m0/s1. The van der Waals surface area contributed by atoms with Crippen molar-refractivity contribution in [1.29, 1.82) is 0 Å². The van der Waals surface area contributed by atoms with E-state index < -0.39 is 47.7 Å². The minimum absolute atomic E-state index is 0.0490. The highest BCUT2D eigenvalue weighted by atomic mass is 16.5. The van der Waals surface area contributed by atoms with Gasteiger partial charge in [0.05, 0.1) is 35.8 Å². The number of aliphatic imine (C=N–C) groups is 1. The number of hydrogen-bond acceptors (Lipinski definition) is 11. The van der Waals surface area contributed by atoms with Crippen LogP contribution in [0, 0.1) is 53.0 Å². The molecular formula is C51H58N4O7. The number of fused-ring (bicyclic) bond motifs is 8. The zero-order valence-electron chi connectivity index (χ0n) is 35.6. The van der Waals surface area contributed by atoms with Gasteiger partial charge in [0.2, 0.25) is 0 Å². The van der Waals surface area contributed by atoms with Crippen LogP contribution in [0.25, 0.3) is 6.08 Å². The second-order valence-electron chi connectivity index (χ2n) is 18.3. The molecule has 11 nitrogen and oxygen atoms in total. The molecule has 2 aromatic rings. The molecule has 2 bridgehead atoms. The van der Waals surface area contributed by atoms with Crippen LogP contribution >= 0.6 is 0 Å². The molecule has 1 spiro atoms. The molecule has 0 radical (unpaired) electrons. The molecule has 7 aliphatic rings. The molecule has 0 unspecified atom stereocenters. The number of nitrogens with one attached hydrogen (secondary N) is 1. The van der Waals surface area contributed by atoms with Gasteiger partial charge in [-0.1, -0.05) is 88.0 Å². The summed E-state index contributed by atoms with van der Waals surface area (Å²) in [6.07, 6.45) is 18.9. The first-order chi connectivity index (χ1) is 30.0. The van der Waals surface area contributed by atoms with Crippen LogP contribution in [-0.2, 0) is 17.6 Å². The molecule has 2 aliphatic carbocycles. The number of unbranched alkanes of at least 4 members (excludes halogenated alkanes) is 2. The highest BCUT2D eigenvalue weighted by Gasteiger charge is 2.49. The van der Waals surface area contributed by atoms with Crippen LogP contribution < -0.4 is 20.5 Å². The summed E-state index contributed by atoms with van der Waals surface area (Å²) < 4.78 is 13.2. The number of aryl methyl sites for hydroxylation is 1. The van der Waals surface area contributed by atoms with Crippen molar-refractivity contribution in [3.63, 3.8) is 0 Å². The molecule has 11 heteroatoms. The zero-order chi connectivity index (χ0) is 43.1. The topological polar surface area (TPSA) is 170 Å². The van der Waals surface area contributed by atoms with Crippen molar-refractivity contribution >= 4 is 17.6 Å². The second kappa shape index (κ2) is 17.5. The molecule has 7 N–H and O–H groups in total. The first-order valence-corrected chi connectivity index (χ1v) is 22.6. The highest BCUT2D eigenvalue weighted by molar-refractivity contribution is 6.09. The predicted octanol–water partition coefficient (Wildman–Crippen LogP) is 6.62. The van der Waals surface area contributed by atoms with Crippen molar-refractivity contribution in [2.45, 2.75) is 122 Å². The number of phenols is 1. The third-order valence-corrected chi connectivity index (χ3v) is 14.2. The number of ketones is 1. The molecule has 62 heavy (non-hydrogen) atoms. The van der Waals surface area contributed by atoms with E-state index in [0.717, 1.165) is 84.1 Å². The van der Waals surface area contributed by atoms with E-state index in [4.69, 9.17) is 20.2 Å². The van der Waals surface area contributed by atoms with E-state index in [1.54, 1.807) is 6.07 Å². The Morgan fingerprint density at radius 2 is 1.94 bits per heavy atom. The van der Waals surface area contributed by atoms with E-state index in [1.807, 2.05) is 49.7 Å². The van der Waals surface area contributed by atoms with Gasteiger partial charge in [-0.25, -0.2) is 0 Å². The van der Waals surface area contributed by atoms with Crippen LogP contribution in [0.3, 0.4) is 0 Å². The fraction of sp³-hybridized carbons (Fsp3) is 0.490. The Balaban J connectivity index is 1.06. The normalized spacial score (nSPS) is 28.3. The summed E-state index contributed by atoms with van der Waals surface area (Å²) in [5.74, 6) is 9.29. The third-order valence-electron chi connectivity index (χ3n) is 14.2. The minimum Gasteiger partial charge on any atom is -0.508 e. The number of rotatable bonds is 10. The Morgan fingerprint density at radius 1 is 1.11 bits per heavy atom. The molecule has 324 valence electrons. The number of nitrogens with two attached hydrogens (primary N) is 1. The van der Waals surface area contributed by atoms with Crippen LogP contribution in [0.15, 0.2) is 71.2 Å². The molecule has 5 heterocycles. The fourth-order valence-corrected chi connectivity index (χ4v) is 10.7. The number of nitrogens with zero attached hydrogens (tertiary/aromatic N) is 2. The van der Waals surface area contributed by atoms with Gasteiger partial charge < -0.3 is 45.9 Å². The van der Waals surface area contributed by atoms with Gasteiger partial charge in [0, 0.05) is 48.7 Å². The van der Waals surface area contributed by atoms with Gasteiger partial charge in [-0.05, 0) is 89.8 Å². The Morgan fingerprint density at radius 3 is 2.74 bits per heavy atom. The summed E-state index contributed by atoms with van der Waals surface area (Å²) >= 11 is 0. The highest BCUT2D eigenvalue weighted by Crippen LogP contribution is 2.49. The van der Waals surface area contributed by atoms with Crippen molar-refractivity contribution in [3.8, 4) is 41.1 Å². The third kappa shape index (κ3) is 7.97. The maximum absolute atomic E-state index is 14.1. The lowest BCUT2D eigenvalue weighted by Crippen LogP contribution is -2.47. The lowest BCUT2D eigenvalue weighted by atomic mass is 9.73. The minimum atomic E-state index is -1.10. The van der Waals surface area contributed by atoms with Gasteiger partial charge in [-0.15, -0.1) is 0 Å². The number of allylic oxidation sites excluding steroid dienone is 2. The number of benzene rings is 2. The van der Waals surface area contributed by atoms with Crippen LogP contribution in [0.2, 0.25) is 0 Å². The lowest BCUT2D eigenvalue weighted by Gasteiger charge is -2.39. The van der Waals surface area contributed by atoms with Crippen molar-refractivity contribution in [1.82, 2.24) is 10.2 Å². The van der Waals surface area contributed by atoms with E-state index in [2.05, 4.69) is 47.2 Å². The van der Waals surface area contributed by atoms with Gasteiger partial charge in [-0.2, -0.15) is 0 Å². The van der Waals surface area contributed by atoms with Gasteiger partial charge >= 0.3 is 0 Å². The number of Topliss-reactive ketones (excluding diaryl/α,β-unsaturated/α-hetero) is 1. The smallest absolute Gasteiger partial charge is 0.187 e. The summed E-state index contributed by atoms with van der Waals surface area (Å²) in [6, 6.07) is 7.14. The first-order valence-electron chi connectivity index (χ1n) is 22.6. The number of phenolic OH excluding ortho intramolecular Hbond substituents is 1. The number of carbonyl (C=O) groups is 1. The number of carbonyl (C=O) groups excluding carboxylic acids is 1. The van der Waals surface area contributed by atoms with Crippen molar-refractivity contribution in [2.75, 3.05) is 6.54 Å². The van der Waals surface area contributed by atoms with Crippen molar-refractivity contribution in [2.24, 2.45) is 39.8 Å². The van der Waals surface area contributed by atoms with E-state index in [-0.39, 0.29) is 42.2 Å². The maximum Gasteiger partial charge on any atom is 0.187 e. The molecule has 1 fully saturated rings. The number of aliphatic hydroxyl groups is 3. The Labute approximate surface area is 364 Å². The molecule has 0 saturated heterocycles. The van der Waals surface area contributed by atoms with Gasteiger partial charge in [-0.3, -0.25) is 9.79 Å². The maximum atomic E-state index is 14.1. The molecule has 5 aliphatic heterocycles. The summed E-state index contributed by atoms with van der Waals surface area (Å²) in [5, 5.41) is 49.1.